The van der Waals surface area contributed by atoms with Crippen LogP contribution < -0.4 is 21.9 Å². The van der Waals surface area contributed by atoms with Crippen LogP contribution in [-0.4, -0.2) is 17.4 Å². The van der Waals surface area contributed by atoms with Gasteiger partial charge in [0.25, 0.3) is 0 Å². The second kappa shape index (κ2) is 9.21. The highest BCUT2D eigenvalue weighted by molar-refractivity contribution is 6.05. The van der Waals surface area contributed by atoms with Crippen molar-refractivity contribution in [3.8, 4) is 22.8 Å². The van der Waals surface area contributed by atoms with Gasteiger partial charge in [0.1, 0.15) is 17.3 Å². The molecule has 0 aliphatic carbocycles. The Hall–Kier alpha value is -3.38. The molecule has 0 bridgehead atoms. The first-order chi connectivity index (χ1) is 14.0. The first-order valence-electron chi connectivity index (χ1n) is 9.71. The Morgan fingerprint density at radius 3 is 2.31 bits per heavy atom. The maximum atomic E-state index is 7.97. The van der Waals surface area contributed by atoms with E-state index in [1.54, 1.807) is 0 Å². The van der Waals surface area contributed by atoms with E-state index in [0.717, 1.165) is 29.8 Å². The lowest BCUT2D eigenvalue weighted by atomic mass is 9.94. The summed E-state index contributed by atoms with van der Waals surface area (Å²) in [6.07, 6.45) is 1.73. The van der Waals surface area contributed by atoms with Crippen molar-refractivity contribution in [1.82, 2.24) is 4.98 Å². The number of anilines is 1. The van der Waals surface area contributed by atoms with Gasteiger partial charge in [-0.05, 0) is 61.9 Å². The smallest absolute Gasteiger partial charge is 0.127 e. The van der Waals surface area contributed by atoms with Crippen LogP contribution in [0.15, 0.2) is 60.7 Å². The van der Waals surface area contributed by atoms with Crippen molar-refractivity contribution in [3.05, 3.63) is 71.9 Å². The molecule has 29 heavy (non-hydrogen) atoms. The van der Waals surface area contributed by atoms with E-state index in [1.807, 2.05) is 60.7 Å². The molecule has 150 valence electrons. The van der Waals surface area contributed by atoms with Crippen LogP contribution in [-0.2, 0) is 0 Å². The van der Waals surface area contributed by atoms with E-state index in [9.17, 15) is 0 Å². The Morgan fingerprint density at radius 2 is 1.72 bits per heavy atom. The molecular formula is C23H27N5O. The average molecular weight is 390 g/mol. The Kier molecular flexibility index (Phi) is 6.46. The summed E-state index contributed by atoms with van der Waals surface area (Å²) in [6, 6.07) is 18.9. The van der Waals surface area contributed by atoms with E-state index in [1.165, 1.54) is 0 Å². The van der Waals surface area contributed by atoms with Crippen LogP contribution in [0.2, 0.25) is 0 Å². The fourth-order valence-electron chi connectivity index (χ4n) is 3.35. The number of hydrogen-bond donors (Lipinski definition) is 4. The van der Waals surface area contributed by atoms with Gasteiger partial charge in [-0.2, -0.15) is 0 Å². The quantitative estimate of drug-likeness (QED) is 0.339. The van der Waals surface area contributed by atoms with Gasteiger partial charge in [0, 0.05) is 22.9 Å². The van der Waals surface area contributed by atoms with E-state index in [4.69, 9.17) is 32.3 Å². The van der Waals surface area contributed by atoms with Crippen LogP contribution in [0.5, 0.6) is 11.5 Å². The number of rotatable bonds is 8. The summed E-state index contributed by atoms with van der Waals surface area (Å²) in [5.41, 5.74) is 21.1. The van der Waals surface area contributed by atoms with Gasteiger partial charge in [0.2, 0.25) is 0 Å². The molecule has 2 aromatic carbocycles. The molecule has 0 saturated carbocycles. The number of aromatic nitrogens is 1. The Balaban J connectivity index is 1.99. The van der Waals surface area contributed by atoms with Crippen LogP contribution in [0.4, 0.5) is 5.69 Å². The zero-order valence-corrected chi connectivity index (χ0v) is 16.6. The fraction of sp³-hybridized carbons (Fsp3) is 0.217. The number of nitrogens with one attached hydrogen (secondary N) is 1. The van der Waals surface area contributed by atoms with Crippen molar-refractivity contribution in [2.24, 2.45) is 11.5 Å². The lowest BCUT2D eigenvalue weighted by molar-refractivity contribution is 0.483. The molecule has 1 atom stereocenters. The summed E-state index contributed by atoms with van der Waals surface area (Å²) in [4.78, 5) is 4.83. The van der Waals surface area contributed by atoms with Gasteiger partial charge in [0.05, 0.1) is 11.3 Å². The van der Waals surface area contributed by atoms with Gasteiger partial charge >= 0.3 is 0 Å². The van der Waals surface area contributed by atoms with Gasteiger partial charge in [-0.1, -0.05) is 25.1 Å². The molecule has 0 saturated heterocycles. The van der Waals surface area contributed by atoms with Gasteiger partial charge in [0.15, 0.2) is 0 Å². The molecule has 7 N–H and O–H groups in total. The van der Waals surface area contributed by atoms with Crippen molar-refractivity contribution in [1.29, 1.82) is 5.41 Å². The molecule has 0 aliphatic heterocycles. The number of nitrogens with zero attached hydrogens (tertiary/aromatic N) is 1. The minimum atomic E-state index is -0.104. The lowest BCUT2D eigenvalue weighted by Crippen LogP contribution is -2.18. The molecule has 0 spiro atoms. The van der Waals surface area contributed by atoms with Crippen molar-refractivity contribution in [2.75, 3.05) is 12.3 Å². The summed E-state index contributed by atoms with van der Waals surface area (Å²) in [6.45, 7) is 2.68. The van der Waals surface area contributed by atoms with E-state index >= 15 is 0 Å². The maximum absolute atomic E-state index is 7.97. The van der Waals surface area contributed by atoms with Crippen LogP contribution >= 0.6 is 0 Å². The highest BCUT2D eigenvalue weighted by Crippen LogP contribution is 2.32. The molecule has 1 unspecified atom stereocenters. The van der Waals surface area contributed by atoms with Crippen LogP contribution in [0.3, 0.4) is 0 Å². The second-order valence-corrected chi connectivity index (χ2v) is 6.90. The molecule has 0 radical (unpaired) electrons. The van der Waals surface area contributed by atoms with E-state index in [2.05, 4.69) is 6.92 Å². The molecule has 6 nitrogen and oxygen atoms in total. The SMILES string of the molecule is CCC(CCN)c1cc(N)c(C(=N)N)c(-c2ccc(Oc3ccccc3)cc2)n1. The zero-order valence-electron chi connectivity index (χ0n) is 16.6. The van der Waals surface area contributed by atoms with Gasteiger partial charge in [-0.15, -0.1) is 0 Å². The number of hydrogen-bond acceptors (Lipinski definition) is 5. The Labute approximate surface area is 171 Å². The summed E-state index contributed by atoms with van der Waals surface area (Å²) >= 11 is 0. The van der Waals surface area contributed by atoms with Crippen molar-refractivity contribution < 1.29 is 4.74 Å². The number of nitrogen functional groups attached to an aromatic ring is 2. The number of para-hydroxylation sites is 1. The number of pyridine rings is 1. The lowest BCUT2D eigenvalue weighted by Gasteiger charge is -2.18. The average Bonchev–Trinajstić information content (AvgIpc) is 2.72. The third kappa shape index (κ3) is 4.73. The van der Waals surface area contributed by atoms with Crippen LogP contribution in [0, 0.1) is 5.41 Å². The Morgan fingerprint density at radius 1 is 1.07 bits per heavy atom. The molecule has 1 heterocycles. The summed E-state index contributed by atoms with van der Waals surface area (Å²) in [7, 11) is 0. The molecule has 3 aromatic rings. The van der Waals surface area contributed by atoms with Crippen molar-refractivity contribution in [3.63, 3.8) is 0 Å². The molecule has 1 aromatic heterocycles. The van der Waals surface area contributed by atoms with E-state index in [0.29, 0.717) is 29.2 Å². The van der Waals surface area contributed by atoms with Crippen LogP contribution in [0.25, 0.3) is 11.3 Å². The van der Waals surface area contributed by atoms with Gasteiger partial charge in [-0.3, -0.25) is 10.4 Å². The Bertz CT molecular complexity index is 971. The second-order valence-electron chi connectivity index (χ2n) is 6.90. The number of ether oxygens (including phenoxy) is 1. The highest BCUT2D eigenvalue weighted by atomic mass is 16.5. The van der Waals surface area contributed by atoms with E-state index in [-0.39, 0.29) is 11.8 Å². The molecule has 0 amide bonds. The molecule has 6 heteroatoms. The minimum Gasteiger partial charge on any atom is -0.457 e. The predicted molar refractivity (Wildman–Crippen MR) is 118 cm³/mol. The van der Waals surface area contributed by atoms with Gasteiger partial charge < -0.3 is 21.9 Å². The van der Waals surface area contributed by atoms with E-state index < -0.39 is 0 Å². The largest absolute Gasteiger partial charge is 0.457 e. The minimum absolute atomic E-state index is 0.104. The molecule has 3 rings (SSSR count). The monoisotopic (exact) mass is 389 g/mol. The normalized spacial score (nSPS) is 11.8. The third-order valence-electron chi connectivity index (χ3n) is 4.87. The standard InChI is InChI=1S/C23H27N5O/c1-2-15(12-13-24)20-14-19(25)21(23(26)27)22(28-20)16-8-10-18(11-9-16)29-17-6-4-3-5-7-17/h3-11,14-15H,2,12-13,24H2,1H3,(H2,25,28)(H3,26,27). The molecule has 0 aliphatic rings. The number of benzene rings is 2. The topological polar surface area (TPSA) is 124 Å². The van der Waals surface area contributed by atoms with Crippen LogP contribution in [0.1, 0.15) is 36.9 Å². The maximum Gasteiger partial charge on any atom is 0.127 e. The van der Waals surface area contributed by atoms with Gasteiger partial charge in [-0.25, -0.2) is 0 Å². The molecule has 0 fully saturated rings. The third-order valence-corrected chi connectivity index (χ3v) is 4.87. The van der Waals surface area contributed by atoms with Crippen molar-refractivity contribution in [2.45, 2.75) is 25.7 Å². The summed E-state index contributed by atoms with van der Waals surface area (Å²) in [5, 5.41) is 7.97. The van der Waals surface area contributed by atoms with Crippen molar-refractivity contribution >= 4 is 11.5 Å². The number of nitrogens with two attached hydrogens (primary N) is 3. The predicted octanol–water partition coefficient (Wildman–Crippen LogP) is 4.25. The summed E-state index contributed by atoms with van der Waals surface area (Å²) in [5.74, 6) is 1.58. The fourth-order valence-corrected chi connectivity index (χ4v) is 3.35. The first kappa shape index (κ1) is 20.4. The molecular weight excluding hydrogens is 362 g/mol. The first-order valence-corrected chi connectivity index (χ1v) is 9.71. The number of amidine groups is 1. The zero-order chi connectivity index (χ0) is 20.8. The summed E-state index contributed by atoms with van der Waals surface area (Å²) < 4.78 is 5.86. The highest BCUT2D eigenvalue weighted by Gasteiger charge is 2.19.